The van der Waals surface area contributed by atoms with Gasteiger partial charge >= 0.3 is 6.09 Å². The number of carbonyl (C=O) groups is 2. The minimum atomic E-state index is -3.63. The van der Waals surface area contributed by atoms with Crippen LogP contribution in [0.5, 0.6) is 0 Å². The van der Waals surface area contributed by atoms with Gasteiger partial charge in [0.2, 0.25) is 15.9 Å². The number of benzene rings is 1. The second-order valence-corrected chi connectivity index (χ2v) is 10.1. The van der Waals surface area contributed by atoms with Crippen molar-refractivity contribution in [3.05, 3.63) is 29.3 Å². The van der Waals surface area contributed by atoms with E-state index >= 15 is 0 Å². The lowest BCUT2D eigenvalue weighted by atomic mass is 10.2. The van der Waals surface area contributed by atoms with Crippen LogP contribution in [0.25, 0.3) is 0 Å². The van der Waals surface area contributed by atoms with E-state index in [1.807, 2.05) is 0 Å². The molecule has 1 aromatic rings. The Bertz CT molecular complexity index is 830. The molecule has 10 heteroatoms. The van der Waals surface area contributed by atoms with Gasteiger partial charge in [0.25, 0.3) is 0 Å². The van der Waals surface area contributed by atoms with Crippen LogP contribution in [0.1, 0.15) is 33.6 Å². The molecule has 1 aromatic carbocycles. The molecule has 2 rings (SSSR count). The van der Waals surface area contributed by atoms with Crippen LogP contribution < -0.4 is 5.32 Å². The maximum absolute atomic E-state index is 12.7. The van der Waals surface area contributed by atoms with Crippen LogP contribution in [0.2, 0.25) is 5.02 Å². The Balaban J connectivity index is 1.76. The molecule has 162 valence electrons. The summed E-state index contributed by atoms with van der Waals surface area (Å²) in [6.07, 6.45) is 0.250. The Morgan fingerprint density at radius 1 is 1.17 bits per heavy atom. The summed E-state index contributed by atoms with van der Waals surface area (Å²) in [6.45, 7) is 6.81. The Kier molecular flexibility index (Phi) is 7.90. The van der Waals surface area contributed by atoms with Crippen molar-refractivity contribution in [1.82, 2.24) is 14.5 Å². The predicted octanol–water partition coefficient (Wildman–Crippen LogP) is 2.48. The molecule has 0 atom stereocenters. The fraction of sp³-hybridized carbons (Fsp3) is 0.579. The molecule has 0 unspecified atom stereocenters. The molecule has 1 fully saturated rings. The Hall–Kier alpha value is -1.84. The molecular formula is C19H28ClN3O5S. The summed E-state index contributed by atoms with van der Waals surface area (Å²) in [5, 5.41) is 2.98. The van der Waals surface area contributed by atoms with E-state index < -0.39 is 21.7 Å². The highest BCUT2D eigenvalue weighted by Crippen LogP contribution is 2.21. The lowest BCUT2D eigenvalue weighted by molar-refractivity contribution is -0.132. The van der Waals surface area contributed by atoms with Gasteiger partial charge in [-0.2, -0.15) is 4.31 Å². The zero-order chi connectivity index (χ0) is 21.7. The normalized spacial score (nSPS) is 15.8. The molecule has 29 heavy (non-hydrogen) atoms. The topological polar surface area (TPSA) is 96.0 Å². The van der Waals surface area contributed by atoms with Gasteiger partial charge in [0.1, 0.15) is 5.60 Å². The SMILES string of the molecule is CC(C)(C)OC(=O)NCCCC(=O)N1CCN(S(=O)(=O)c2cccc(Cl)c2)CC1. The van der Waals surface area contributed by atoms with Gasteiger partial charge in [0.15, 0.2) is 0 Å². The smallest absolute Gasteiger partial charge is 0.407 e. The van der Waals surface area contributed by atoms with Gasteiger partial charge in [0, 0.05) is 44.2 Å². The van der Waals surface area contributed by atoms with E-state index in [-0.39, 0.29) is 30.3 Å². The predicted molar refractivity (Wildman–Crippen MR) is 110 cm³/mol. The standard InChI is InChI=1S/C19H28ClN3O5S/c1-19(2,3)28-18(25)21-9-5-8-17(24)22-10-12-23(13-11-22)29(26,27)16-7-4-6-15(20)14-16/h4,6-7,14H,5,8-13H2,1-3H3,(H,21,25). The molecule has 2 amide bonds. The minimum absolute atomic E-state index is 0.0595. The van der Waals surface area contributed by atoms with Gasteiger partial charge in [-0.25, -0.2) is 13.2 Å². The van der Waals surface area contributed by atoms with Gasteiger partial charge in [-0.1, -0.05) is 17.7 Å². The molecule has 1 aliphatic heterocycles. The molecule has 0 saturated carbocycles. The monoisotopic (exact) mass is 445 g/mol. The Morgan fingerprint density at radius 3 is 2.41 bits per heavy atom. The lowest BCUT2D eigenvalue weighted by Gasteiger charge is -2.34. The largest absolute Gasteiger partial charge is 0.444 e. The van der Waals surface area contributed by atoms with E-state index in [9.17, 15) is 18.0 Å². The summed E-state index contributed by atoms with van der Waals surface area (Å²) in [5.41, 5.74) is -0.564. The maximum Gasteiger partial charge on any atom is 0.407 e. The zero-order valence-electron chi connectivity index (χ0n) is 17.0. The summed E-state index contributed by atoms with van der Waals surface area (Å²) < 4.78 is 31.9. The number of carbonyl (C=O) groups excluding carboxylic acids is 2. The first-order valence-electron chi connectivity index (χ1n) is 9.49. The number of sulfonamides is 1. The van der Waals surface area contributed by atoms with Crippen molar-refractivity contribution in [3.8, 4) is 0 Å². The second kappa shape index (κ2) is 9.77. The van der Waals surface area contributed by atoms with Gasteiger partial charge < -0.3 is 15.0 Å². The summed E-state index contributed by atoms with van der Waals surface area (Å²) >= 11 is 5.90. The Morgan fingerprint density at radius 2 is 1.83 bits per heavy atom. The van der Waals surface area contributed by atoms with Crippen LogP contribution in [0.15, 0.2) is 29.2 Å². The number of amides is 2. The van der Waals surface area contributed by atoms with Gasteiger partial charge in [-0.15, -0.1) is 0 Å². The first-order valence-corrected chi connectivity index (χ1v) is 11.3. The first kappa shape index (κ1) is 23.4. The fourth-order valence-corrected chi connectivity index (χ4v) is 4.58. The van der Waals surface area contributed by atoms with Crippen LogP contribution >= 0.6 is 11.6 Å². The third kappa shape index (κ3) is 7.17. The van der Waals surface area contributed by atoms with E-state index in [0.29, 0.717) is 31.1 Å². The van der Waals surface area contributed by atoms with Crippen molar-refractivity contribution < 1.29 is 22.7 Å². The van der Waals surface area contributed by atoms with Crippen LogP contribution in [0.4, 0.5) is 4.79 Å². The zero-order valence-corrected chi connectivity index (χ0v) is 18.6. The summed E-state index contributed by atoms with van der Waals surface area (Å²) in [5.74, 6) is -0.0595. The summed E-state index contributed by atoms with van der Waals surface area (Å²) in [6, 6.07) is 6.15. The highest BCUT2D eigenvalue weighted by Gasteiger charge is 2.30. The molecule has 1 aliphatic rings. The number of piperazine rings is 1. The summed E-state index contributed by atoms with van der Waals surface area (Å²) in [4.78, 5) is 25.7. The van der Waals surface area contributed by atoms with E-state index in [2.05, 4.69) is 5.32 Å². The number of hydrogen-bond acceptors (Lipinski definition) is 5. The van der Waals surface area contributed by atoms with Crippen molar-refractivity contribution >= 4 is 33.6 Å². The maximum atomic E-state index is 12.7. The number of halogens is 1. The van der Waals surface area contributed by atoms with E-state index in [0.717, 1.165) is 0 Å². The molecule has 0 aromatic heterocycles. The van der Waals surface area contributed by atoms with Crippen molar-refractivity contribution in [3.63, 3.8) is 0 Å². The molecular weight excluding hydrogens is 418 g/mol. The molecule has 1 saturated heterocycles. The second-order valence-electron chi connectivity index (χ2n) is 7.77. The molecule has 0 spiro atoms. The minimum Gasteiger partial charge on any atom is -0.444 e. The molecule has 1 heterocycles. The van der Waals surface area contributed by atoms with Crippen LogP contribution in [-0.4, -0.2) is 67.9 Å². The van der Waals surface area contributed by atoms with Crippen LogP contribution in [0.3, 0.4) is 0 Å². The van der Waals surface area contributed by atoms with Crippen molar-refractivity contribution in [2.45, 2.75) is 44.1 Å². The highest BCUT2D eigenvalue weighted by molar-refractivity contribution is 7.89. The first-order chi connectivity index (χ1) is 13.5. The quantitative estimate of drug-likeness (QED) is 0.678. The summed E-state index contributed by atoms with van der Waals surface area (Å²) in [7, 11) is -3.63. The van der Waals surface area contributed by atoms with Crippen molar-refractivity contribution in [2.24, 2.45) is 0 Å². The van der Waals surface area contributed by atoms with Gasteiger partial charge in [-0.3, -0.25) is 4.79 Å². The number of ether oxygens (including phenoxy) is 1. The Labute approximate surface area is 177 Å². The number of rotatable bonds is 6. The molecule has 0 radical (unpaired) electrons. The fourth-order valence-electron chi connectivity index (χ4n) is 2.86. The molecule has 8 nitrogen and oxygen atoms in total. The molecule has 0 aliphatic carbocycles. The number of alkyl carbamates (subject to hydrolysis) is 1. The number of hydrogen-bond donors (Lipinski definition) is 1. The van der Waals surface area contributed by atoms with Crippen LogP contribution in [0, 0.1) is 0 Å². The van der Waals surface area contributed by atoms with Crippen LogP contribution in [-0.2, 0) is 19.6 Å². The number of nitrogens with one attached hydrogen (secondary N) is 1. The third-order valence-corrected chi connectivity index (χ3v) is 6.39. The van der Waals surface area contributed by atoms with Crippen molar-refractivity contribution in [1.29, 1.82) is 0 Å². The third-order valence-electron chi connectivity index (χ3n) is 4.26. The molecule has 0 bridgehead atoms. The van der Waals surface area contributed by atoms with Gasteiger partial charge in [-0.05, 0) is 45.4 Å². The average Bonchev–Trinajstić information content (AvgIpc) is 2.64. The molecule has 1 N–H and O–H groups in total. The average molecular weight is 446 g/mol. The highest BCUT2D eigenvalue weighted by atomic mass is 35.5. The van der Waals surface area contributed by atoms with Gasteiger partial charge in [0.05, 0.1) is 4.90 Å². The lowest BCUT2D eigenvalue weighted by Crippen LogP contribution is -2.50. The number of nitrogens with zero attached hydrogens (tertiary/aromatic N) is 2. The van der Waals surface area contributed by atoms with Crippen molar-refractivity contribution in [2.75, 3.05) is 32.7 Å². The van der Waals surface area contributed by atoms with E-state index in [1.54, 1.807) is 37.8 Å². The van der Waals surface area contributed by atoms with E-state index in [4.69, 9.17) is 16.3 Å². The van der Waals surface area contributed by atoms with E-state index in [1.165, 1.54) is 16.4 Å².